The molecular formula is C30H33N5O4. The van der Waals surface area contributed by atoms with Gasteiger partial charge in [-0.1, -0.05) is 41.6 Å². The van der Waals surface area contributed by atoms with E-state index in [1.54, 1.807) is 0 Å². The van der Waals surface area contributed by atoms with Crippen LogP contribution in [0.3, 0.4) is 0 Å². The SMILES string of the molecule is Cc1noc(C)c1-c1ccc2nc(C(=O)N[C@H]3CC[C@H](O)CC3)nc(N3CCOC[C@@H]3c3ccccc3)c2c1. The number of amides is 1. The Morgan fingerprint density at radius 2 is 1.85 bits per heavy atom. The number of nitrogens with zero attached hydrogens (tertiary/aromatic N) is 4. The van der Waals surface area contributed by atoms with Crippen molar-refractivity contribution in [3.05, 3.63) is 71.4 Å². The van der Waals surface area contributed by atoms with E-state index in [1.807, 2.05) is 44.2 Å². The molecular weight excluding hydrogens is 494 g/mol. The van der Waals surface area contributed by atoms with Crippen LogP contribution in [0.2, 0.25) is 0 Å². The van der Waals surface area contributed by atoms with Gasteiger partial charge in [0, 0.05) is 23.5 Å². The van der Waals surface area contributed by atoms with Crippen molar-refractivity contribution in [3.8, 4) is 11.1 Å². The fraction of sp³-hybridized carbons (Fsp3) is 0.400. The highest BCUT2D eigenvalue weighted by Crippen LogP contribution is 2.36. The summed E-state index contributed by atoms with van der Waals surface area (Å²) in [4.78, 5) is 25.2. The van der Waals surface area contributed by atoms with Gasteiger partial charge in [-0.25, -0.2) is 9.97 Å². The van der Waals surface area contributed by atoms with Crippen molar-refractivity contribution in [1.82, 2.24) is 20.4 Å². The summed E-state index contributed by atoms with van der Waals surface area (Å²) in [7, 11) is 0. The van der Waals surface area contributed by atoms with E-state index < -0.39 is 0 Å². The molecule has 4 aromatic rings. The van der Waals surface area contributed by atoms with E-state index in [-0.39, 0.29) is 29.9 Å². The summed E-state index contributed by atoms with van der Waals surface area (Å²) in [6.45, 7) is 5.54. The number of aliphatic hydroxyl groups is 1. The van der Waals surface area contributed by atoms with Gasteiger partial charge in [-0.15, -0.1) is 0 Å². The van der Waals surface area contributed by atoms with Crippen LogP contribution >= 0.6 is 0 Å². The van der Waals surface area contributed by atoms with Crippen LogP contribution in [0.4, 0.5) is 5.82 Å². The van der Waals surface area contributed by atoms with E-state index in [2.05, 4.69) is 33.6 Å². The lowest BCUT2D eigenvalue weighted by atomic mass is 9.93. The molecule has 1 saturated heterocycles. The third kappa shape index (κ3) is 5.12. The van der Waals surface area contributed by atoms with Crippen molar-refractivity contribution in [2.45, 2.75) is 57.7 Å². The summed E-state index contributed by atoms with van der Waals surface area (Å²) in [5.41, 5.74) is 4.55. The third-order valence-corrected chi connectivity index (χ3v) is 7.82. The Bertz CT molecular complexity index is 1460. The Labute approximate surface area is 227 Å². The first-order chi connectivity index (χ1) is 19.0. The van der Waals surface area contributed by atoms with Crippen LogP contribution in [-0.4, -0.2) is 58.0 Å². The average Bonchev–Trinajstić information content (AvgIpc) is 3.31. The van der Waals surface area contributed by atoms with Crippen molar-refractivity contribution in [3.63, 3.8) is 0 Å². The first-order valence-electron chi connectivity index (χ1n) is 13.6. The second-order valence-corrected chi connectivity index (χ2v) is 10.5. The van der Waals surface area contributed by atoms with Crippen molar-refractivity contribution in [2.75, 3.05) is 24.7 Å². The Hall–Kier alpha value is -3.82. The maximum Gasteiger partial charge on any atom is 0.289 e. The molecule has 9 heteroatoms. The van der Waals surface area contributed by atoms with E-state index in [1.165, 1.54) is 0 Å². The quantitative estimate of drug-likeness (QED) is 0.390. The number of ether oxygens (including phenoxy) is 1. The molecule has 6 rings (SSSR count). The van der Waals surface area contributed by atoms with E-state index in [4.69, 9.17) is 19.2 Å². The van der Waals surface area contributed by atoms with Crippen LogP contribution in [0, 0.1) is 13.8 Å². The lowest BCUT2D eigenvalue weighted by Gasteiger charge is -2.37. The molecule has 1 saturated carbocycles. The number of aryl methyl sites for hydroxylation is 2. The summed E-state index contributed by atoms with van der Waals surface area (Å²) in [6, 6.07) is 16.2. The number of hydrogen-bond acceptors (Lipinski definition) is 8. The lowest BCUT2D eigenvalue weighted by Crippen LogP contribution is -2.41. The summed E-state index contributed by atoms with van der Waals surface area (Å²) in [5.74, 6) is 1.30. The summed E-state index contributed by atoms with van der Waals surface area (Å²) in [5, 5.41) is 17.9. The standard InChI is InChI=1S/C30H33N5O4/c1-18-27(19(2)39-34-18)21-8-13-25-24(16-21)29(35-14-15-38-17-26(35)20-6-4-3-5-7-20)33-28(32-25)30(37)31-22-9-11-23(36)12-10-22/h3-8,13,16,22-23,26,36H,9-12,14-15,17H2,1-2H3,(H,31,37)/t22-,23-,26-/m1/s1. The molecule has 0 bridgehead atoms. The van der Waals surface area contributed by atoms with E-state index in [0.29, 0.717) is 43.9 Å². The molecule has 0 radical (unpaired) electrons. The minimum Gasteiger partial charge on any atom is -0.393 e. The van der Waals surface area contributed by atoms with Crippen molar-refractivity contribution in [2.24, 2.45) is 0 Å². The number of rotatable bonds is 5. The highest BCUT2D eigenvalue weighted by molar-refractivity contribution is 5.98. The smallest absolute Gasteiger partial charge is 0.289 e. The lowest BCUT2D eigenvalue weighted by molar-refractivity contribution is 0.0857. The van der Waals surface area contributed by atoms with Crippen LogP contribution in [0.1, 0.15) is 59.4 Å². The molecule has 0 unspecified atom stereocenters. The molecule has 2 aromatic carbocycles. The van der Waals surface area contributed by atoms with Crippen LogP contribution < -0.4 is 10.2 Å². The number of carbonyl (C=O) groups is 1. The molecule has 1 aliphatic carbocycles. The summed E-state index contributed by atoms with van der Waals surface area (Å²) >= 11 is 0. The van der Waals surface area contributed by atoms with Crippen LogP contribution in [0.15, 0.2) is 53.1 Å². The van der Waals surface area contributed by atoms with Gasteiger partial charge in [-0.05, 0) is 62.8 Å². The van der Waals surface area contributed by atoms with Gasteiger partial charge in [-0.3, -0.25) is 4.79 Å². The molecule has 3 heterocycles. The van der Waals surface area contributed by atoms with Crippen LogP contribution in [0.25, 0.3) is 22.0 Å². The molecule has 202 valence electrons. The number of fused-ring (bicyclic) bond motifs is 1. The van der Waals surface area contributed by atoms with E-state index in [9.17, 15) is 9.90 Å². The van der Waals surface area contributed by atoms with Gasteiger partial charge in [0.25, 0.3) is 5.91 Å². The first kappa shape index (κ1) is 25.5. The summed E-state index contributed by atoms with van der Waals surface area (Å²) < 4.78 is 11.3. The van der Waals surface area contributed by atoms with Gasteiger partial charge < -0.3 is 24.6 Å². The molecule has 1 atom stereocenters. The van der Waals surface area contributed by atoms with Crippen molar-refractivity contribution >= 4 is 22.6 Å². The number of carbonyl (C=O) groups excluding carboxylic acids is 1. The zero-order valence-electron chi connectivity index (χ0n) is 22.3. The van der Waals surface area contributed by atoms with Gasteiger partial charge >= 0.3 is 0 Å². The average molecular weight is 528 g/mol. The Morgan fingerprint density at radius 3 is 2.59 bits per heavy atom. The predicted molar refractivity (Wildman–Crippen MR) is 148 cm³/mol. The highest BCUT2D eigenvalue weighted by atomic mass is 16.5. The van der Waals surface area contributed by atoms with Gasteiger partial charge in [0.15, 0.2) is 0 Å². The number of aliphatic hydroxyl groups excluding tert-OH is 1. The normalized spacial score (nSPS) is 21.7. The van der Waals surface area contributed by atoms with Crippen molar-refractivity contribution in [1.29, 1.82) is 0 Å². The van der Waals surface area contributed by atoms with Crippen LogP contribution in [0.5, 0.6) is 0 Å². The Kier molecular flexibility index (Phi) is 7.01. The molecule has 2 aromatic heterocycles. The number of nitrogens with one attached hydrogen (secondary N) is 1. The number of hydrogen-bond donors (Lipinski definition) is 2. The molecule has 2 N–H and O–H groups in total. The molecule has 2 fully saturated rings. The minimum atomic E-state index is -0.293. The fourth-order valence-electron chi connectivity index (χ4n) is 5.76. The van der Waals surface area contributed by atoms with Gasteiger partial charge in [0.2, 0.25) is 5.82 Å². The Morgan fingerprint density at radius 1 is 1.05 bits per heavy atom. The van der Waals surface area contributed by atoms with Crippen molar-refractivity contribution < 1.29 is 19.2 Å². The molecule has 9 nitrogen and oxygen atoms in total. The molecule has 39 heavy (non-hydrogen) atoms. The number of aromatic nitrogens is 3. The molecule has 0 spiro atoms. The maximum absolute atomic E-state index is 13.4. The summed E-state index contributed by atoms with van der Waals surface area (Å²) in [6.07, 6.45) is 2.57. The largest absolute Gasteiger partial charge is 0.393 e. The van der Waals surface area contributed by atoms with Gasteiger partial charge in [-0.2, -0.15) is 0 Å². The predicted octanol–water partition coefficient (Wildman–Crippen LogP) is 4.51. The number of anilines is 1. The third-order valence-electron chi connectivity index (χ3n) is 7.82. The topological polar surface area (TPSA) is 114 Å². The number of morpholine rings is 1. The van der Waals surface area contributed by atoms with Gasteiger partial charge in [0.05, 0.1) is 36.6 Å². The maximum atomic E-state index is 13.4. The van der Waals surface area contributed by atoms with Crippen LogP contribution in [-0.2, 0) is 4.74 Å². The minimum absolute atomic E-state index is 0.00557. The molecule has 1 amide bonds. The number of benzene rings is 2. The highest BCUT2D eigenvalue weighted by Gasteiger charge is 2.30. The Balaban J connectivity index is 1.45. The monoisotopic (exact) mass is 527 g/mol. The van der Waals surface area contributed by atoms with E-state index >= 15 is 0 Å². The zero-order chi connectivity index (χ0) is 26.9. The zero-order valence-corrected chi connectivity index (χ0v) is 22.3. The fourth-order valence-corrected chi connectivity index (χ4v) is 5.76. The molecule has 2 aliphatic rings. The van der Waals surface area contributed by atoms with E-state index in [0.717, 1.165) is 46.4 Å². The second kappa shape index (κ2) is 10.7. The first-order valence-corrected chi connectivity index (χ1v) is 13.6. The van der Waals surface area contributed by atoms with Gasteiger partial charge in [0.1, 0.15) is 11.6 Å². The second-order valence-electron chi connectivity index (χ2n) is 10.5. The molecule has 1 aliphatic heterocycles.